The zero-order chi connectivity index (χ0) is 2.00. The predicted octanol–water partition coefficient (Wildman–Crippen LogP) is -0.121. The molecule has 2 radical (unpaired) electrons. The van der Waals surface area contributed by atoms with E-state index in [1.807, 2.05) is 0 Å². The Balaban J connectivity index is -0.00000000500. The number of hydrogen-bond donors (Lipinski definition) is 0. The summed E-state index contributed by atoms with van der Waals surface area (Å²) >= 11 is 1.69. The third-order valence-corrected chi connectivity index (χ3v) is 0. The van der Waals surface area contributed by atoms with Crippen LogP contribution in [0.3, 0.4) is 0 Å². The van der Waals surface area contributed by atoms with Crippen LogP contribution in [0.5, 0.6) is 0 Å². The second-order valence-electron chi connectivity index (χ2n) is 0. The van der Waals surface area contributed by atoms with E-state index in [4.69, 9.17) is 3.83 Å². The molecule has 19 valence electrons. The van der Waals surface area contributed by atoms with E-state index in [1.54, 1.807) is 15.9 Å². The molecule has 0 aromatic heterocycles. The fraction of sp³-hybridized carbons (Fsp3) is 0. The van der Waals surface area contributed by atoms with Gasteiger partial charge in [-0.2, -0.15) is 0 Å². The van der Waals surface area contributed by atoms with Gasteiger partial charge in [-0.3, -0.25) is 0 Å². The summed E-state index contributed by atoms with van der Waals surface area (Å²) in [5.74, 6) is 0. The molecule has 0 atom stereocenters. The summed E-state index contributed by atoms with van der Waals surface area (Å²) in [5.41, 5.74) is 0. The summed E-state index contributed by atoms with van der Waals surface area (Å²) < 4.78 is 8.06. The molecule has 0 saturated carbocycles. The maximum absolute atomic E-state index is 8.06. The van der Waals surface area contributed by atoms with Crippen molar-refractivity contribution in [3.05, 3.63) is 0 Å². The largest absolute Gasteiger partial charge is 0 e. The van der Waals surface area contributed by atoms with Crippen LogP contribution in [-0.4, -0.2) is 0 Å². The Morgan fingerprint density at radius 3 is 1.25 bits per heavy atom. The molecule has 4 heteroatoms. The summed E-state index contributed by atoms with van der Waals surface area (Å²) in [6.45, 7) is 0. The van der Waals surface area contributed by atoms with Gasteiger partial charge in [0.1, 0.15) is 0 Å². The Kier molecular flexibility index (Phi) is 66.7. The van der Waals surface area contributed by atoms with E-state index in [0.717, 1.165) is 0 Å². The fourth-order valence-corrected chi connectivity index (χ4v) is 0. The molecule has 0 amide bonds. The van der Waals surface area contributed by atoms with Crippen LogP contribution in [0.4, 0.5) is 0 Å². The third kappa shape index (κ3) is 8.86. The van der Waals surface area contributed by atoms with Gasteiger partial charge >= 0.3 is 19.8 Å². The van der Waals surface area contributed by atoms with E-state index in [-0.39, 0.29) is 76.9 Å². The van der Waals surface area contributed by atoms with Crippen LogP contribution in [-0.2, 0) is 19.8 Å². The number of rotatable bonds is 0. The van der Waals surface area contributed by atoms with Crippen molar-refractivity contribution in [2.75, 3.05) is 0 Å². The first-order chi connectivity index (χ1) is 1.00. The molecule has 0 unspecified atom stereocenters. The van der Waals surface area contributed by atoms with Gasteiger partial charge in [0, 0.05) is 76.9 Å². The molecule has 0 rings (SSSR count). The molecule has 0 aromatic rings. The van der Waals surface area contributed by atoms with Crippen molar-refractivity contribution in [1.82, 2.24) is 0 Å². The van der Waals surface area contributed by atoms with Crippen LogP contribution < -0.4 is 0 Å². The minimum atomic E-state index is 0. The second kappa shape index (κ2) is 16.9. The van der Waals surface area contributed by atoms with Crippen LogP contribution in [0.15, 0.2) is 0 Å². The molecule has 0 bridgehead atoms. The minimum Gasteiger partial charge on any atom is 0 e. The molecule has 0 spiro atoms. The average molecular weight is 351 g/mol. The Morgan fingerprint density at radius 1 is 1.25 bits per heavy atom. The number of hydrogen-bond acceptors (Lipinski definition) is 1. The van der Waals surface area contributed by atoms with Crippen molar-refractivity contribution in [2.24, 2.45) is 0 Å². The zero-order valence-corrected chi connectivity index (χ0v) is 10.5. The minimum absolute atomic E-state index is 0. The molecule has 0 aliphatic heterocycles. The fourth-order valence-electron chi connectivity index (χ4n) is 0. The summed E-state index contributed by atoms with van der Waals surface area (Å²) in [6.07, 6.45) is 0. The van der Waals surface area contributed by atoms with Crippen LogP contribution in [0.25, 0.3) is 0 Å². The second-order valence-corrected chi connectivity index (χ2v) is 0. The summed E-state index contributed by atoms with van der Waals surface area (Å²) in [5, 5.41) is 0. The van der Waals surface area contributed by atoms with E-state index in [1.165, 1.54) is 0 Å². The molecule has 0 saturated heterocycles. The first-order valence-electron chi connectivity index (χ1n) is 0.154. The van der Waals surface area contributed by atoms with Gasteiger partial charge in [0.2, 0.25) is 0 Å². The van der Waals surface area contributed by atoms with Gasteiger partial charge in [0.25, 0.3) is 0 Å². The Bertz CT molecular complexity index is 8.00. The van der Waals surface area contributed by atoms with E-state index < -0.39 is 0 Å². The maximum Gasteiger partial charge on any atom is 0 e. The van der Waals surface area contributed by atoms with E-state index in [0.29, 0.717) is 0 Å². The van der Waals surface area contributed by atoms with E-state index in [9.17, 15) is 0 Å². The Labute approximate surface area is 94.2 Å². The monoisotopic (exact) mass is 351 g/mol. The molecule has 0 aromatic carbocycles. The van der Waals surface area contributed by atoms with Gasteiger partial charge in [-0.15, -0.1) is 0 Å². The van der Waals surface area contributed by atoms with Crippen molar-refractivity contribution < 1.29 is 96.7 Å². The molecular weight excluding hydrogens is 351 g/mol. The van der Waals surface area contributed by atoms with Crippen molar-refractivity contribution in [1.29, 1.82) is 0 Å². The van der Waals surface area contributed by atoms with E-state index in [2.05, 4.69) is 0 Å². The predicted molar refractivity (Wildman–Crippen MR) is 0.686 cm³/mol. The van der Waals surface area contributed by atoms with E-state index >= 15 is 0 Å². The Morgan fingerprint density at radius 2 is 1.25 bits per heavy atom. The standard InChI is InChI=1S/La.Mn.O.Pr. The smallest absolute Gasteiger partial charge is 0 e. The molecule has 0 fully saturated rings. The quantitative estimate of drug-likeness (QED) is 0.557. The van der Waals surface area contributed by atoms with Crippen LogP contribution >= 0.6 is 0 Å². The summed E-state index contributed by atoms with van der Waals surface area (Å²) in [6, 6.07) is 0. The van der Waals surface area contributed by atoms with Crippen LogP contribution in [0.2, 0.25) is 0 Å². The zero-order valence-electron chi connectivity index (χ0n) is 1.94. The van der Waals surface area contributed by atoms with Crippen molar-refractivity contribution in [3.63, 3.8) is 0 Å². The molecular formula is LaMnOPr. The molecule has 0 aliphatic rings. The molecule has 0 aliphatic carbocycles. The molecule has 4 heavy (non-hydrogen) atoms. The SMILES string of the molecule is [La].[O]=[Mn].[Pr]. The third-order valence-electron chi connectivity index (χ3n) is 0. The first kappa shape index (κ1) is 15.8. The summed E-state index contributed by atoms with van der Waals surface area (Å²) in [4.78, 5) is 0. The van der Waals surface area contributed by atoms with Gasteiger partial charge in [-0.1, -0.05) is 0 Å². The van der Waals surface area contributed by atoms with Gasteiger partial charge in [-0.25, -0.2) is 0 Å². The van der Waals surface area contributed by atoms with Crippen molar-refractivity contribution in [3.8, 4) is 0 Å². The first-order valence-corrected chi connectivity index (χ1v) is 0.636. The van der Waals surface area contributed by atoms with Crippen LogP contribution in [0, 0.1) is 76.9 Å². The van der Waals surface area contributed by atoms with Gasteiger partial charge in [0.15, 0.2) is 0 Å². The maximum atomic E-state index is 8.06. The van der Waals surface area contributed by atoms with Gasteiger partial charge < -0.3 is 0 Å². The summed E-state index contributed by atoms with van der Waals surface area (Å²) in [7, 11) is 0. The van der Waals surface area contributed by atoms with Gasteiger partial charge in [0.05, 0.1) is 0 Å². The Hall–Kier alpha value is 2.88. The van der Waals surface area contributed by atoms with Crippen molar-refractivity contribution in [2.45, 2.75) is 0 Å². The van der Waals surface area contributed by atoms with Crippen LogP contribution in [0.1, 0.15) is 0 Å². The topological polar surface area (TPSA) is 17.1 Å². The van der Waals surface area contributed by atoms with Gasteiger partial charge in [-0.05, 0) is 0 Å². The molecule has 1 nitrogen and oxygen atoms in total. The van der Waals surface area contributed by atoms with Crippen molar-refractivity contribution >= 4 is 0 Å². The normalized spacial score (nSPS) is 1.00. The average Bonchev–Trinajstić information content (AvgIpc) is 1.00. The molecule has 0 heterocycles. The molecule has 0 N–H and O–H groups in total.